The zero-order chi connectivity index (χ0) is 30.2. The number of fused-ring (bicyclic) bond motifs is 1. The van der Waals surface area contributed by atoms with Gasteiger partial charge in [0.25, 0.3) is 5.91 Å². The first-order valence-electron chi connectivity index (χ1n) is 14.4. The van der Waals surface area contributed by atoms with E-state index in [2.05, 4.69) is 15.5 Å². The van der Waals surface area contributed by atoms with Crippen molar-refractivity contribution in [3.8, 4) is 11.3 Å². The van der Waals surface area contributed by atoms with Crippen molar-refractivity contribution >= 4 is 28.6 Å². The molecule has 3 heterocycles. The molecule has 1 aliphatic rings. The van der Waals surface area contributed by atoms with Crippen molar-refractivity contribution in [2.24, 2.45) is 5.92 Å². The van der Waals surface area contributed by atoms with Crippen LogP contribution in [0.1, 0.15) is 64.7 Å². The molecule has 4 aromatic rings. The Morgan fingerprint density at radius 3 is 2.31 bits per heavy atom. The van der Waals surface area contributed by atoms with Crippen LogP contribution in [0.25, 0.3) is 22.2 Å². The minimum absolute atomic E-state index is 0.262. The summed E-state index contributed by atoms with van der Waals surface area (Å²) in [5.74, 6) is -0.277. The molecule has 9 nitrogen and oxygen atoms in total. The third-order valence-corrected chi connectivity index (χ3v) is 7.37. The normalized spacial score (nSPS) is 14.8. The molecule has 0 aliphatic carbocycles. The van der Waals surface area contributed by atoms with Crippen molar-refractivity contribution in [1.29, 1.82) is 0 Å². The van der Waals surface area contributed by atoms with Gasteiger partial charge in [-0.3, -0.25) is 14.2 Å². The van der Waals surface area contributed by atoms with E-state index >= 15 is 0 Å². The molecule has 10 heteroatoms. The van der Waals surface area contributed by atoms with E-state index < -0.39 is 11.1 Å². The molecule has 1 N–H and O–H groups in total. The van der Waals surface area contributed by atoms with Crippen LogP contribution in [0.5, 0.6) is 0 Å². The Bertz CT molecular complexity index is 1590. The van der Waals surface area contributed by atoms with Crippen molar-refractivity contribution in [3.05, 3.63) is 66.2 Å². The Morgan fingerprint density at radius 2 is 1.67 bits per heavy atom. The molecule has 0 saturated carbocycles. The molecule has 2 aromatic carbocycles. The molecule has 0 unspecified atom stereocenters. The summed E-state index contributed by atoms with van der Waals surface area (Å²) in [6.07, 6.45) is 4.85. The Balaban J connectivity index is 1.32. The molecule has 222 valence electrons. The molecule has 1 aliphatic heterocycles. The molecular formula is C32H39FN6O3. The summed E-state index contributed by atoms with van der Waals surface area (Å²) >= 11 is 0. The molecule has 1 saturated heterocycles. The monoisotopic (exact) mass is 574 g/mol. The van der Waals surface area contributed by atoms with Crippen LogP contribution in [0.3, 0.4) is 0 Å². The Morgan fingerprint density at radius 1 is 0.976 bits per heavy atom. The smallest absolute Gasteiger partial charge is 0.410 e. The van der Waals surface area contributed by atoms with Gasteiger partial charge in [-0.05, 0) is 103 Å². The zero-order valence-electron chi connectivity index (χ0n) is 25.1. The second kappa shape index (κ2) is 11.2. The highest BCUT2D eigenvalue weighted by molar-refractivity contribution is 6.08. The zero-order valence-corrected chi connectivity index (χ0v) is 25.1. The van der Waals surface area contributed by atoms with Crippen LogP contribution in [0, 0.1) is 11.7 Å². The first kappa shape index (κ1) is 29.3. The topological polar surface area (TPSA) is 94.3 Å². The number of piperidine rings is 1. The van der Waals surface area contributed by atoms with Crippen molar-refractivity contribution in [2.45, 2.75) is 72.1 Å². The van der Waals surface area contributed by atoms with Crippen molar-refractivity contribution in [1.82, 2.24) is 24.5 Å². The molecule has 2 amide bonds. The van der Waals surface area contributed by atoms with Crippen LogP contribution in [0.15, 0.2) is 54.9 Å². The number of halogens is 1. The summed E-state index contributed by atoms with van der Waals surface area (Å²) in [7, 11) is 0. The maximum atomic E-state index is 13.7. The average Bonchev–Trinajstić information content (AvgIpc) is 3.53. The number of hydrogen-bond acceptors (Lipinski definition) is 5. The molecule has 42 heavy (non-hydrogen) atoms. The lowest BCUT2D eigenvalue weighted by molar-refractivity contribution is 0.0177. The summed E-state index contributed by atoms with van der Waals surface area (Å²) in [6, 6.07) is 11.8. The van der Waals surface area contributed by atoms with E-state index in [1.165, 1.54) is 12.1 Å². The number of rotatable bonds is 5. The van der Waals surface area contributed by atoms with Gasteiger partial charge in [0, 0.05) is 36.3 Å². The van der Waals surface area contributed by atoms with Gasteiger partial charge in [-0.1, -0.05) is 0 Å². The highest BCUT2D eigenvalue weighted by atomic mass is 19.1. The van der Waals surface area contributed by atoms with E-state index in [9.17, 15) is 14.0 Å². The highest BCUT2D eigenvalue weighted by Gasteiger charge is 2.28. The number of hydrogen-bond donors (Lipinski definition) is 1. The number of anilines is 1. The predicted molar refractivity (Wildman–Crippen MR) is 161 cm³/mol. The van der Waals surface area contributed by atoms with E-state index in [-0.39, 0.29) is 17.8 Å². The Kier molecular flexibility index (Phi) is 7.83. The van der Waals surface area contributed by atoms with E-state index in [0.29, 0.717) is 41.5 Å². The standard InChI is InChI=1S/C32H39FN6O3/c1-31(2,3)39-28(22-7-10-24(33)11-8-22)26(19-35-39)29(40)36-25-12-9-23-18-34-38(27(23)17-25)20-21-13-15-37(16-14-21)30(41)42-32(4,5)6/h7-12,17-19,21H,13-16,20H2,1-6H3,(H,36,40). The molecule has 1 fully saturated rings. The molecule has 0 radical (unpaired) electrons. The van der Waals surface area contributed by atoms with E-state index in [1.807, 2.05) is 70.6 Å². The molecular weight excluding hydrogens is 535 g/mol. The summed E-state index contributed by atoms with van der Waals surface area (Å²) < 4.78 is 23.0. The summed E-state index contributed by atoms with van der Waals surface area (Å²) in [5.41, 5.74) is 2.40. The Labute approximate surface area is 245 Å². The van der Waals surface area contributed by atoms with Crippen molar-refractivity contribution < 1.29 is 18.7 Å². The first-order chi connectivity index (χ1) is 19.8. The van der Waals surface area contributed by atoms with Crippen LogP contribution in [-0.4, -0.2) is 55.2 Å². The van der Waals surface area contributed by atoms with E-state index in [1.54, 1.807) is 27.9 Å². The molecule has 0 spiro atoms. The maximum Gasteiger partial charge on any atom is 0.410 e. The van der Waals surface area contributed by atoms with Gasteiger partial charge >= 0.3 is 6.09 Å². The summed E-state index contributed by atoms with van der Waals surface area (Å²) in [6.45, 7) is 13.7. The quantitative estimate of drug-likeness (QED) is 0.287. The van der Waals surface area contributed by atoms with Crippen LogP contribution < -0.4 is 5.32 Å². The molecule has 5 rings (SSSR count). The maximum absolute atomic E-state index is 13.7. The minimum Gasteiger partial charge on any atom is -0.444 e. The fourth-order valence-electron chi connectivity index (χ4n) is 5.27. The summed E-state index contributed by atoms with van der Waals surface area (Å²) in [5, 5.41) is 13.1. The van der Waals surface area contributed by atoms with Crippen LogP contribution >= 0.6 is 0 Å². The lowest BCUT2D eigenvalue weighted by Crippen LogP contribution is -2.42. The minimum atomic E-state index is -0.509. The third kappa shape index (κ3) is 6.48. The van der Waals surface area contributed by atoms with Gasteiger partial charge in [0.2, 0.25) is 0 Å². The number of benzene rings is 2. The number of nitrogens with one attached hydrogen (secondary N) is 1. The molecule has 2 aromatic heterocycles. The van der Waals surface area contributed by atoms with E-state index in [4.69, 9.17) is 4.74 Å². The molecule has 0 bridgehead atoms. The van der Waals surface area contributed by atoms with Gasteiger partial charge in [-0.2, -0.15) is 10.2 Å². The first-order valence-corrected chi connectivity index (χ1v) is 14.4. The summed E-state index contributed by atoms with van der Waals surface area (Å²) in [4.78, 5) is 27.8. The largest absolute Gasteiger partial charge is 0.444 e. The highest BCUT2D eigenvalue weighted by Crippen LogP contribution is 2.30. The lowest BCUT2D eigenvalue weighted by Gasteiger charge is -2.33. The van der Waals surface area contributed by atoms with Gasteiger partial charge in [-0.25, -0.2) is 9.18 Å². The van der Waals surface area contributed by atoms with Gasteiger partial charge < -0.3 is 15.0 Å². The van der Waals surface area contributed by atoms with Crippen molar-refractivity contribution in [3.63, 3.8) is 0 Å². The number of amides is 2. The number of nitrogens with zero attached hydrogens (tertiary/aromatic N) is 5. The fourth-order valence-corrected chi connectivity index (χ4v) is 5.27. The SMILES string of the molecule is CC(C)(C)OC(=O)N1CCC(Cn2ncc3ccc(NC(=O)c4cnn(C(C)(C)C)c4-c4ccc(F)cc4)cc32)CC1. The second-order valence-corrected chi connectivity index (χ2v) is 13.0. The van der Waals surface area contributed by atoms with Gasteiger partial charge in [0.1, 0.15) is 11.4 Å². The van der Waals surface area contributed by atoms with Gasteiger partial charge in [0.15, 0.2) is 0 Å². The van der Waals surface area contributed by atoms with Crippen LogP contribution in [-0.2, 0) is 16.8 Å². The lowest BCUT2D eigenvalue weighted by atomic mass is 9.97. The molecule has 0 atom stereocenters. The third-order valence-electron chi connectivity index (χ3n) is 7.37. The van der Waals surface area contributed by atoms with Gasteiger partial charge in [0.05, 0.1) is 34.7 Å². The van der Waals surface area contributed by atoms with Crippen molar-refractivity contribution in [2.75, 3.05) is 18.4 Å². The number of aromatic nitrogens is 4. The fraction of sp³-hybridized carbons (Fsp3) is 0.438. The second-order valence-electron chi connectivity index (χ2n) is 13.0. The average molecular weight is 575 g/mol. The predicted octanol–water partition coefficient (Wildman–Crippen LogP) is 6.69. The number of carbonyl (C=O) groups is 2. The number of likely N-dealkylation sites (tertiary alicyclic amines) is 1. The van der Waals surface area contributed by atoms with E-state index in [0.717, 1.165) is 30.3 Å². The van der Waals surface area contributed by atoms with Crippen LogP contribution in [0.4, 0.5) is 14.9 Å². The number of ether oxygens (including phenoxy) is 1. The number of carbonyl (C=O) groups excluding carboxylic acids is 2. The van der Waals surface area contributed by atoms with Gasteiger partial charge in [-0.15, -0.1) is 0 Å². The Hall–Kier alpha value is -4.21. The van der Waals surface area contributed by atoms with Crippen LogP contribution in [0.2, 0.25) is 0 Å².